The van der Waals surface area contributed by atoms with Crippen LogP contribution in [0.3, 0.4) is 0 Å². The van der Waals surface area contributed by atoms with Gasteiger partial charge in [-0.05, 0) is 17.5 Å². The molecule has 1 N–H and O–H groups in total. The Hall–Kier alpha value is -1.72. The summed E-state index contributed by atoms with van der Waals surface area (Å²) in [5, 5.41) is 9.21. The lowest BCUT2D eigenvalue weighted by molar-refractivity contribution is 0.0269. The molecule has 2 aromatic rings. The molecule has 4 nitrogen and oxygen atoms in total. The van der Waals surface area contributed by atoms with Crippen LogP contribution in [-0.2, 0) is 27.4 Å². The molecule has 0 saturated carbocycles. The van der Waals surface area contributed by atoms with Crippen molar-refractivity contribution < 1.29 is 19.3 Å². The Morgan fingerprint density at radius 1 is 0.960 bits per heavy atom. The van der Waals surface area contributed by atoms with Gasteiger partial charge in [0.05, 0.1) is 39.1 Å². The number of rotatable bonds is 9. The average molecular weight is 344 g/mol. The molecule has 1 heterocycles. The topological polar surface area (TPSA) is 51.2 Å². The van der Waals surface area contributed by atoms with Gasteiger partial charge in [0.15, 0.2) is 0 Å². The molecule has 1 fully saturated rings. The molecule has 0 radical (unpaired) electrons. The zero-order valence-corrected chi connectivity index (χ0v) is 14.8. The zero-order valence-electron chi connectivity index (χ0n) is 14.8. The molecule has 0 amide bonds. The number of benzene rings is 2. The van der Waals surface area contributed by atoms with E-state index in [0.29, 0.717) is 25.9 Å². The van der Waals surface area contributed by atoms with Crippen LogP contribution in [-0.4, -0.2) is 37.1 Å². The third kappa shape index (κ3) is 9.37. The molecule has 1 aliphatic heterocycles. The number of epoxide rings is 1. The van der Waals surface area contributed by atoms with Crippen LogP contribution >= 0.6 is 0 Å². The molecule has 0 aliphatic carbocycles. The van der Waals surface area contributed by atoms with Gasteiger partial charge in [-0.3, -0.25) is 0 Å². The standard InChI is InChI=1S/C11H16O2.C10H12O2/c1-2-11(12)9-13-8-10-6-4-3-5-7-10;1-2-4-9(5-3-1)6-11-7-10-8-12-10/h3-7,11-12H,2,8-9H2,1H3;1-5,10H,6-8H2/t11-;10-/m10/s1. The molecule has 136 valence electrons. The quantitative estimate of drug-likeness (QED) is 0.707. The summed E-state index contributed by atoms with van der Waals surface area (Å²) < 4.78 is 15.8. The molecule has 1 aliphatic rings. The molecule has 1 saturated heterocycles. The van der Waals surface area contributed by atoms with Crippen LogP contribution in [0.1, 0.15) is 24.5 Å². The summed E-state index contributed by atoms with van der Waals surface area (Å²) in [5.74, 6) is 0. The molecule has 4 heteroatoms. The minimum atomic E-state index is -0.330. The van der Waals surface area contributed by atoms with E-state index in [9.17, 15) is 5.11 Å². The summed E-state index contributed by atoms with van der Waals surface area (Å²) in [7, 11) is 0. The first-order chi connectivity index (χ1) is 12.3. The molecule has 0 bridgehead atoms. The van der Waals surface area contributed by atoms with Crippen LogP contribution in [0.2, 0.25) is 0 Å². The lowest BCUT2D eigenvalue weighted by Crippen LogP contribution is -2.13. The fraction of sp³-hybridized carbons (Fsp3) is 0.429. The normalized spacial score (nSPS) is 16.6. The van der Waals surface area contributed by atoms with E-state index >= 15 is 0 Å². The Labute approximate surface area is 150 Å². The Morgan fingerprint density at radius 3 is 1.96 bits per heavy atom. The fourth-order valence-electron chi connectivity index (χ4n) is 2.05. The van der Waals surface area contributed by atoms with Gasteiger partial charge in [0.25, 0.3) is 0 Å². The van der Waals surface area contributed by atoms with Crippen LogP contribution in [0, 0.1) is 0 Å². The van der Waals surface area contributed by atoms with E-state index < -0.39 is 0 Å². The van der Waals surface area contributed by atoms with E-state index in [1.54, 1.807) is 0 Å². The summed E-state index contributed by atoms with van der Waals surface area (Å²) in [4.78, 5) is 0. The maximum atomic E-state index is 9.21. The number of hydrogen-bond donors (Lipinski definition) is 1. The summed E-state index contributed by atoms with van der Waals surface area (Å²) in [6.07, 6.45) is 0.784. The van der Waals surface area contributed by atoms with Gasteiger partial charge in [0.2, 0.25) is 0 Å². The summed E-state index contributed by atoms with van der Waals surface area (Å²) in [6, 6.07) is 20.1. The molecule has 3 rings (SSSR count). The Morgan fingerprint density at radius 2 is 1.48 bits per heavy atom. The van der Waals surface area contributed by atoms with E-state index in [1.807, 2.05) is 55.5 Å². The largest absolute Gasteiger partial charge is 0.391 e. The lowest BCUT2D eigenvalue weighted by atomic mass is 10.2. The van der Waals surface area contributed by atoms with Crippen molar-refractivity contribution in [1.29, 1.82) is 0 Å². The highest BCUT2D eigenvalue weighted by Gasteiger charge is 2.21. The van der Waals surface area contributed by atoms with Crippen molar-refractivity contribution in [2.45, 2.75) is 38.8 Å². The summed E-state index contributed by atoms with van der Waals surface area (Å²) in [6.45, 7) is 5.24. The lowest BCUT2D eigenvalue weighted by Gasteiger charge is -2.08. The van der Waals surface area contributed by atoms with E-state index in [1.165, 1.54) is 5.56 Å². The maximum absolute atomic E-state index is 9.21. The second kappa shape index (κ2) is 11.8. The SMILES string of the molecule is CC[C@@H](O)COCc1ccccc1.c1ccc(COC[C@H]2CO2)cc1. The number of ether oxygens (including phenoxy) is 3. The Balaban J connectivity index is 0.000000181. The third-order valence-corrected chi connectivity index (χ3v) is 3.71. The van der Waals surface area contributed by atoms with Gasteiger partial charge in [0.1, 0.15) is 6.10 Å². The van der Waals surface area contributed by atoms with E-state index in [4.69, 9.17) is 14.2 Å². The van der Waals surface area contributed by atoms with Gasteiger partial charge in [-0.1, -0.05) is 67.6 Å². The zero-order chi connectivity index (χ0) is 17.7. The first-order valence-electron chi connectivity index (χ1n) is 8.81. The van der Waals surface area contributed by atoms with Gasteiger partial charge in [-0.2, -0.15) is 0 Å². The second-order valence-corrected chi connectivity index (χ2v) is 6.02. The minimum absolute atomic E-state index is 0.330. The number of aliphatic hydroxyl groups is 1. The first kappa shape index (κ1) is 19.6. The first-order valence-corrected chi connectivity index (χ1v) is 8.81. The van der Waals surface area contributed by atoms with Crippen molar-refractivity contribution in [3.8, 4) is 0 Å². The molecular formula is C21H28O4. The van der Waals surface area contributed by atoms with Gasteiger partial charge in [-0.15, -0.1) is 0 Å². The van der Waals surface area contributed by atoms with E-state index in [2.05, 4.69) is 12.1 Å². The van der Waals surface area contributed by atoms with Crippen LogP contribution in [0.5, 0.6) is 0 Å². The van der Waals surface area contributed by atoms with Gasteiger partial charge >= 0.3 is 0 Å². The van der Waals surface area contributed by atoms with E-state index in [0.717, 1.165) is 25.2 Å². The van der Waals surface area contributed by atoms with Crippen LogP contribution < -0.4 is 0 Å². The predicted octanol–water partition coefficient (Wildman–Crippen LogP) is 3.58. The van der Waals surface area contributed by atoms with Gasteiger partial charge in [0, 0.05) is 0 Å². The van der Waals surface area contributed by atoms with Gasteiger partial charge < -0.3 is 19.3 Å². The maximum Gasteiger partial charge on any atom is 0.104 e. The number of aliphatic hydroxyl groups excluding tert-OH is 1. The molecule has 25 heavy (non-hydrogen) atoms. The molecule has 0 spiro atoms. The molecule has 2 aromatic carbocycles. The van der Waals surface area contributed by atoms with Crippen molar-refractivity contribution in [2.75, 3.05) is 19.8 Å². The van der Waals surface area contributed by atoms with E-state index in [-0.39, 0.29) is 6.10 Å². The third-order valence-electron chi connectivity index (χ3n) is 3.71. The smallest absolute Gasteiger partial charge is 0.104 e. The molecule has 2 atom stereocenters. The predicted molar refractivity (Wildman–Crippen MR) is 98.2 cm³/mol. The highest BCUT2D eigenvalue weighted by atomic mass is 16.6. The van der Waals surface area contributed by atoms with Crippen LogP contribution in [0.25, 0.3) is 0 Å². The van der Waals surface area contributed by atoms with Crippen LogP contribution in [0.4, 0.5) is 0 Å². The average Bonchev–Trinajstić information content (AvgIpc) is 3.48. The fourth-order valence-corrected chi connectivity index (χ4v) is 2.05. The van der Waals surface area contributed by atoms with Crippen LogP contribution in [0.15, 0.2) is 60.7 Å². The van der Waals surface area contributed by atoms with Gasteiger partial charge in [-0.25, -0.2) is 0 Å². The molecule has 0 unspecified atom stereocenters. The number of hydrogen-bond acceptors (Lipinski definition) is 4. The van der Waals surface area contributed by atoms with Crippen molar-refractivity contribution in [2.24, 2.45) is 0 Å². The van der Waals surface area contributed by atoms with Crippen molar-refractivity contribution in [1.82, 2.24) is 0 Å². The summed E-state index contributed by atoms with van der Waals surface area (Å²) in [5.41, 5.74) is 2.36. The molecule has 0 aromatic heterocycles. The van der Waals surface area contributed by atoms with Crippen molar-refractivity contribution in [3.63, 3.8) is 0 Å². The van der Waals surface area contributed by atoms with Crippen molar-refractivity contribution >= 4 is 0 Å². The second-order valence-electron chi connectivity index (χ2n) is 6.02. The Bertz CT molecular complexity index is 555. The molecular weight excluding hydrogens is 316 g/mol. The monoisotopic (exact) mass is 344 g/mol. The summed E-state index contributed by atoms with van der Waals surface area (Å²) >= 11 is 0. The highest BCUT2D eigenvalue weighted by molar-refractivity contribution is 5.14. The van der Waals surface area contributed by atoms with Crippen molar-refractivity contribution in [3.05, 3.63) is 71.8 Å². The highest BCUT2D eigenvalue weighted by Crippen LogP contribution is 2.10. The Kier molecular flexibility index (Phi) is 9.23. The minimum Gasteiger partial charge on any atom is -0.391 e.